The van der Waals surface area contributed by atoms with Crippen LogP contribution in [0.5, 0.6) is 17.5 Å². The third kappa shape index (κ3) is 3.61. The Hall–Kier alpha value is -3.56. The molecule has 0 spiro atoms. The van der Waals surface area contributed by atoms with Crippen LogP contribution < -0.4 is 9.47 Å². The molecule has 0 saturated heterocycles. The molecule has 3 heterocycles. The van der Waals surface area contributed by atoms with Crippen molar-refractivity contribution in [2.24, 2.45) is 0 Å². The van der Waals surface area contributed by atoms with Gasteiger partial charge in [0.25, 0.3) is 6.01 Å². The fourth-order valence-electron chi connectivity index (χ4n) is 2.76. The number of aromatic nitrogens is 5. The summed E-state index contributed by atoms with van der Waals surface area (Å²) < 4.78 is 51.1. The van der Waals surface area contributed by atoms with Gasteiger partial charge in [-0.05, 0) is 30.3 Å². The van der Waals surface area contributed by atoms with Gasteiger partial charge in [-0.15, -0.1) is 0 Å². The molecule has 7 nitrogen and oxygen atoms in total. The number of H-pyrrole nitrogens is 1. The van der Waals surface area contributed by atoms with Crippen molar-refractivity contribution in [3.8, 4) is 28.9 Å². The number of nitrogens with zero attached hydrogens (tertiary/aromatic N) is 4. The molecule has 4 rings (SSSR count). The third-order valence-corrected chi connectivity index (χ3v) is 3.93. The monoisotopic (exact) mass is 389 g/mol. The van der Waals surface area contributed by atoms with E-state index in [1.807, 2.05) is 0 Å². The zero-order valence-electron chi connectivity index (χ0n) is 14.6. The number of hydrogen-bond acceptors (Lipinski definition) is 5. The van der Waals surface area contributed by atoms with E-state index in [1.54, 1.807) is 43.6 Å². The number of rotatable bonds is 5. The first-order chi connectivity index (χ1) is 13.4. The molecule has 0 unspecified atom stereocenters. The first-order valence-corrected chi connectivity index (χ1v) is 8.19. The van der Waals surface area contributed by atoms with Gasteiger partial charge in [-0.1, -0.05) is 0 Å². The molecule has 144 valence electrons. The van der Waals surface area contributed by atoms with Crippen molar-refractivity contribution in [2.75, 3.05) is 7.11 Å². The van der Waals surface area contributed by atoms with E-state index in [4.69, 9.17) is 9.47 Å². The predicted octanol–water partition coefficient (Wildman–Crippen LogP) is 4.03. The van der Waals surface area contributed by atoms with E-state index in [2.05, 4.69) is 19.9 Å². The van der Waals surface area contributed by atoms with Gasteiger partial charge in [-0.3, -0.25) is 4.40 Å². The van der Waals surface area contributed by atoms with Crippen LogP contribution in [0.3, 0.4) is 0 Å². The molecule has 0 radical (unpaired) electrons. The zero-order valence-corrected chi connectivity index (χ0v) is 14.6. The van der Waals surface area contributed by atoms with Crippen molar-refractivity contribution in [3.63, 3.8) is 0 Å². The van der Waals surface area contributed by atoms with E-state index < -0.39 is 12.6 Å². The summed E-state index contributed by atoms with van der Waals surface area (Å²) in [5.41, 5.74) is 0.423. The van der Waals surface area contributed by atoms with Crippen LogP contribution in [-0.4, -0.2) is 37.6 Å². The fraction of sp³-hybridized carbons (Fsp3) is 0.167. The lowest BCUT2D eigenvalue weighted by molar-refractivity contribution is -0.127. The first kappa shape index (κ1) is 17.8. The van der Waals surface area contributed by atoms with Crippen LogP contribution in [-0.2, 0) is 6.42 Å². The highest BCUT2D eigenvalue weighted by Crippen LogP contribution is 2.31. The van der Waals surface area contributed by atoms with Crippen LogP contribution in [0.15, 0.2) is 48.9 Å². The van der Waals surface area contributed by atoms with Crippen LogP contribution >= 0.6 is 0 Å². The molecule has 10 heteroatoms. The Morgan fingerprint density at radius 1 is 1.11 bits per heavy atom. The van der Waals surface area contributed by atoms with Crippen molar-refractivity contribution in [3.05, 3.63) is 54.6 Å². The first-order valence-electron chi connectivity index (χ1n) is 8.19. The topological polar surface area (TPSA) is 77.3 Å². The van der Waals surface area contributed by atoms with Gasteiger partial charge in [0.05, 0.1) is 36.8 Å². The van der Waals surface area contributed by atoms with Gasteiger partial charge in [-0.25, -0.2) is 15.0 Å². The molecule has 0 amide bonds. The number of methoxy groups -OCH3 is 1. The minimum Gasteiger partial charge on any atom is -0.497 e. The molecule has 0 aliphatic rings. The predicted molar refractivity (Wildman–Crippen MR) is 93.4 cm³/mol. The molecule has 0 atom stereocenters. The molecule has 0 aliphatic heterocycles. The van der Waals surface area contributed by atoms with Crippen LogP contribution in [0.25, 0.3) is 17.2 Å². The van der Waals surface area contributed by atoms with Crippen molar-refractivity contribution < 1.29 is 22.6 Å². The second kappa shape index (κ2) is 6.87. The number of fused-ring (bicyclic) bond motifs is 1. The Labute approximate surface area is 156 Å². The van der Waals surface area contributed by atoms with E-state index >= 15 is 0 Å². The van der Waals surface area contributed by atoms with Gasteiger partial charge in [-0.2, -0.15) is 13.2 Å². The molecule has 4 aromatic rings. The van der Waals surface area contributed by atoms with E-state index in [-0.39, 0.29) is 23.2 Å². The molecule has 0 fully saturated rings. The largest absolute Gasteiger partial charge is 0.497 e. The number of imidazole rings is 2. The lowest BCUT2D eigenvalue weighted by atomic mass is 10.2. The van der Waals surface area contributed by atoms with Gasteiger partial charge in [0.15, 0.2) is 0 Å². The van der Waals surface area contributed by atoms with E-state index in [9.17, 15) is 13.2 Å². The Morgan fingerprint density at radius 2 is 1.86 bits per heavy atom. The fourth-order valence-corrected chi connectivity index (χ4v) is 2.76. The molecule has 28 heavy (non-hydrogen) atoms. The minimum absolute atomic E-state index is 0.136. The van der Waals surface area contributed by atoms with Crippen molar-refractivity contribution >= 4 is 5.78 Å². The van der Waals surface area contributed by atoms with Gasteiger partial charge in [0.2, 0.25) is 5.78 Å². The van der Waals surface area contributed by atoms with Crippen LogP contribution in [0, 0.1) is 0 Å². The number of alkyl halides is 3. The van der Waals surface area contributed by atoms with Crippen molar-refractivity contribution in [2.45, 2.75) is 12.6 Å². The summed E-state index contributed by atoms with van der Waals surface area (Å²) in [5.74, 6) is 1.34. The lowest BCUT2D eigenvalue weighted by Crippen LogP contribution is -2.12. The second-order valence-corrected chi connectivity index (χ2v) is 5.87. The van der Waals surface area contributed by atoms with Gasteiger partial charge >= 0.3 is 6.18 Å². The maximum atomic E-state index is 13.0. The maximum absolute atomic E-state index is 13.0. The Morgan fingerprint density at radius 3 is 2.57 bits per heavy atom. The zero-order chi connectivity index (χ0) is 19.7. The number of ether oxygens (including phenoxy) is 2. The molecule has 1 aromatic carbocycles. The highest BCUT2D eigenvalue weighted by Gasteiger charge is 2.32. The Kier molecular flexibility index (Phi) is 4.38. The number of nitrogens with one attached hydrogen (secondary N) is 1. The Balaban J connectivity index is 1.69. The van der Waals surface area contributed by atoms with Crippen molar-refractivity contribution in [1.82, 2.24) is 24.3 Å². The summed E-state index contributed by atoms with van der Waals surface area (Å²) in [5, 5.41) is 0. The third-order valence-electron chi connectivity index (χ3n) is 3.93. The SMILES string of the molecule is COc1ccc(Oc2ncc(-c3c(CC(F)(F)F)nc4ncccn34)[nH]2)cc1. The molecular formula is C18H14F3N5O2. The maximum Gasteiger partial charge on any atom is 0.394 e. The quantitative estimate of drug-likeness (QED) is 0.558. The summed E-state index contributed by atoms with van der Waals surface area (Å²) in [6.07, 6.45) is -1.13. The van der Waals surface area contributed by atoms with Crippen LogP contribution in [0.1, 0.15) is 5.69 Å². The Bertz CT molecular complexity index is 1100. The average molecular weight is 389 g/mol. The van der Waals surface area contributed by atoms with Crippen LogP contribution in [0.4, 0.5) is 13.2 Å². The standard InChI is InChI=1S/C18H14F3N5O2/c1-27-11-3-5-12(6-4-11)28-17-23-10-14(25-17)15-13(9-18(19,20)21)24-16-22-7-2-8-26(15)16/h2-8,10H,9H2,1H3,(H,23,25). The second-order valence-electron chi connectivity index (χ2n) is 5.87. The van der Waals surface area contributed by atoms with Crippen LogP contribution in [0.2, 0.25) is 0 Å². The molecule has 0 saturated carbocycles. The van der Waals surface area contributed by atoms with Gasteiger partial charge < -0.3 is 14.5 Å². The molecule has 1 N–H and O–H groups in total. The number of halogens is 3. The normalized spacial score (nSPS) is 11.7. The minimum atomic E-state index is -4.41. The molecule has 0 aliphatic carbocycles. The van der Waals surface area contributed by atoms with Gasteiger partial charge in [0, 0.05) is 12.4 Å². The summed E-state index contributed by atoms with van der Waals surface area (Å²) in [6.45, 7) is 0. The number of hydrogen-bond donors (Lipinski definition) is 1. The van der Waals surface area contributed by atoms with Crippen molar-refractivity contribution in [1.29, 1.82) is 0 Å². The highest BCUT2D eigenvalue weighted by molar-refractivity contribution is 5.62. The van der Waals surface area contributed by atoms with E-state index in [0.717, 1.165) is 0 Å². The summed E-state index contributed by atoms with van der Waals surface area (Å²) in [7, 11) is 1.55. The molecular weight excluding hydrogens is 375 g/mol. The average Bonchev–Trinajstić information content (AvgIpc) is 3.24. The summed E-state index contributed by atoms with van der Waals surface area (Å²) in [4.78, 5) is 15.0. The molecule has 0 bridgehead atoms. The highest BCUT2D eigenvalue weighted by atomic mass is 19.4. The van der Waals surface area contributed by atoms with Gasteiger partial charge in [0.1, 0.15) is 11.5 Å². The summed E-state index contributed by atoms with van der Waals surface area (Å²) in [6, 6.07) is 8.56. The molecule has 3 aromatic heterocycles. The smallest absolute Gasteiger partial charge is 0.394 e. The summed E-state index contributed by atoms with van der Waals surface area (Å²) >= 11 is 0. The number of aromatic amines is 1. The number of benzene rings is 1. The van der Waals surface area contributed by atoms with E-state index in [1.165, 1.54) is 16.8 Å². The van der Waals surface area contributed by atoms with E-state index in [0.29, 0.717) is 17.2 Å². The lowest BCUT2D eigenvalue weighted by Gasteiger charge is -2.06.